The van der Waals surface area contributed by atoms with Crippen molar-refractivity contribution in [3.05, 3.63) is 205 Å². The lowest BCUT2D eigenvalue weighted by molar-refractivity contribution is 0.483. The van der Waals surface area contributed by atoms with Crippen LogP contribution >= 0.6 is 0 Å². The molecule has 0 spiro atoms. The first-order valence-electron chi connectivity index (χ1n) is 19.2. The van der Waals surface area contributed by atoms with Crippen molar-refractivity contribution in [3.8, 4) is 56.4 Å². The Bertz CT molecular complexity index is 2950. The average Bonchev–Trinajstić information content (AvgIpc) is 3.28. The topological polar surface area (TPSA) is 86.7 Å². The quantitative estimate of drug-likeness (QED) is 0.122. The summed E-state index contributed by atoms with van der Waals surface area (Å²) in [6.07, 6.45) is 0.832. The highest BCUT2D eigenvalue weighted by atomic mass is 32.2. The predicted molar refractivity (Wildman–Crippen MR) is 234 cm³/mol. The number of benzene rings is 8. The zero-order valence-electron chi connectivity index (χ0n) is 32.4. The van der Waals surface area contributed by atoms with Crippen molar-refractivity contribution in [3.63, 3.8) is 0 Å². The van der Waals surface area contributed by atoms with Crippen LogP contribution in [0, 0.1) is 6.92 Å². The Morgan fingerprint density at radius 3 is 1.12 bits per heavy atom. The molecule has 0 amide bonds. The Labute approximate surface area is 345 Å². The number of hydrogen-bond acceptors (Lipinski definition) is 6. The number of aryl methyl sites for hydroxylation is 2. The highest BCUT2D eigenvalue weighted by molar-refractivity contribution is 7.91. The van der Waals surface area contributed by atoms with Crippen LogP contribution in [0.4, 0.5) is 0 Å². The van der Waals surface area contributed by atoms with Gasteiger partial charge in [0.2, 0.25) is 19.7 Å². The van der Waals surface area contributed by atoms with Crippen LogP contribution in [0.2, 0.25) is 0 Å². The maximum absolute atomic E-state index is 13.4. The molecule has 59 heavy (non-hydrogen) atoms. The van der Waals surface area contributed by atoms with Crippen LogP contribution < -0.4 is 9.47 Å². The van der Waals surface area contributed by atoms with Crippen LogP contribution in [0.5, 0.6) is 23.0 Å². The van der Waals surface area contributed by atoms with E-state index in [9.17, 15) is 16.8 Å². The largest absolute Gasteiger partial charge is 0.457 e. The summed E-state index contributed by atoms with van der Waals surface area (Å²) >= 11 is 0. The lowest BCUT2D eigenvalue weighted by atomic mass is 9.95. The third-order valence-corrected chi connectivity index (χ3v) is 13.7. The minimum atomic E-state index is -3.69. The Hall–Kier alpha value is -6.74. The summed E-state index contributed by atoms with van der Waals surface area (Å²) in [5.74, 6) is 2.23. The van der Waals surface area contributed by atoms with Crippen molar-refractivity contribution >= 4 is 19.7 Å². The van der Waals surface area contributed by atoms with Gasteiger partial charge in [-0.05, 0) is 138 Å². The number of sulfone groups is 2. The van der Waals surface area contributed by atoms with E-state index in [1.54, 1.807) is 84.9 Å². The molecule has 0 atom stereocenters. The van der Waals surface area contributed by atoms with E-state index in [-0.39, 0.29) is 19.6 Å². The summed E-state index contributed by atoms with van der Waals surface area (Å²) in [5, 5.41) is 0. The van der Waals surface area contributed by atoms with E-state index in [2.05, 4.69) is 12.1 Å². The van der Waals surface area contributed by atoms with Gasteiger partial charge in [-0.3, -0.25) is 0 Å². The summed E-state index contributed by atoms with van der Waals surface area (Å²) in [5.41, 5.74) is 7.58. The van der Waals surface area contributed by atoms with E-state index in [4.69, 9.17) is 9.47 Å². The van der Waals surface area contributed by atoms with Crippen molar-refractivity contribution < 1.29 is 26.3 Å². The third-order valence-electron chi connectivity index (χ3n) is 10.2. The highest BCUT2D eigenvalue weighted by Crippen LogP contribution is 2.41. The first kappa shape index (κ1) is 39.1. The van der Waals surface area contributed by atoms with Gasteiger partial charge in [-0.2, -0.15) is 0 Å². The molecule has 0 aliphatic heterocycles. The van der Waals surface area contributed by atoms with Gasteiger partial charge in [-0.1, -0.05) is 110 Å². The maximum atomic E-state index is 13.4. The van der Waals surface area contributed by atoms with Gasteiger partial charge in [0, 0.05) is 11.1 Å². The Balaban J connectivity index is 1.09. The molecular weight excluding hydrogens is 773 g/mol. The monoisotopic (exact) mass is 812 g/mol. The SMILES string of the molecule is CCc1ccc(S(=O)(=O)c2ccc(Oc3ccc(-c4ccc(Oc5ccc(S(=O)(=O)c6ccc(C)cc6)cc5)c(-c5ccccc5)c4)cc3-c3ccccc3)cc2)cc1. The van der Waals surface area contributed by atoms with E-state index in [1.807, 2.05) is 111 Å². The first-order chi connectivity index (χ1) is 28.6. The van der Waals surface area contributed by atoms with Gasteiger partial charge in [0.1, 0.15) is 23.0 Å². The molecule has 0 N–H and O–H groups in total. The van der Waals surface area contributed by atoms with Crippen LogP contribution in [-0.2, 0) is 26.1 Å². The summed E-state index contributed by atoms with van der Waals surface area (Å²) in [4.78, 5) is 0.871. The van der Waals surface area contributed by atoms with E-state index in [0.29, 0.717) is 23.0 Å². The molecule has 6 nitrogen and oxygen atoms in total. The maximum Gasteiger partial charge on any atom is 0.206 e. The lowest BCUT2D eigenvalue weighted by Crippen LogP contribution is -2.02. The number of ether oxygens (including phenoxy) is 2. The molecule has 0 unspecified atom stereocenters. The van der Waals surface area contributed by atoms with Crippen molar-refractivity contribution in [1.82, 2.24) is 0 Å². The molecule has 0 aliphatic rings. The van der Waals surface area contributed by atoms with E-state index < -0.39 is 19.7 Å². The molecule has 8 aromatic rings. The van der Waals surface area contributed by atoms with Crippen LogP contribution in [0.1, 0.15) is 18.1 Å². The van der Waals surface area contributed by atoms with Crippen molar-refractivity contribution in [2.75, 3.05) is 0 Å². The molecule has 0 bridgehead atoms. The van der Waals surface area contributed by atoms with E-state index >= 15 is 0 Å². The minimum absolute atomic E-state index is 0.187. The second kappa shape index (κ2) is 16.6. The average molecular weight is 813 g/mol. The van der Waals surface area contributed by atoms with Gasteiger partial charge in [0.15, 0.2) is 0 Å². The minimum Gasteiger partial charge on any atom is -0.457 e. The van der Waals surface area contributed by atoms with Crippen molar-refractivity contribution in [2.24, 2.45) is 0 Å². The number of hydrogen-bond donors (Lipinski definition) is 0. The van der Waals surface area contributed by atoms with Gasteiger partial charge >= 0.3 is 0 Å². The van der Waals surface area contributed by atoms with Gasteiger partial charge in [-0.15, -0.1) is 0 Å². The Morgan fingerprint density at radius 2 is 0.746 bits per heavy atom. The van der Waals surface area contributed by atoms with Crippen LogP contribution in [0.3, 0.4) is 0 Å². The Morgan fingerprint density at radius 1 is 0.390 bits per heavy atom. The van der Waals surface area contributed by atoms with Crippen LogP contribution in [-0.4, -0.2) is 16.8 Å². The molecule has 0 saturated carbocycles. The summed E-state index contributed by atoms with van der Waals surface area (Å²) in [6, 6.07) is 58.7. The molecule has 0 fully saturated rings. The molecule has 0 aliphatic carbocycles. The van der Waals surface area contributed by atoms with Gasteiger partial charge in [-0.25, -0.2) is 16.8 Å². The van der Waals surface area contributed by atoms with Gasteiger partial charge < -0.3 is 9.47 Å². The summed E-state index contributed by atoms with van der Waals surface area (Å²) < 4.78 is 66.2. The Kier molecular flexibility index (Phi) is 11.0. The fourth-order valence-corrected chi connectivity index (χ4v) is 9.33. The van der Waals surface area contributed by atoms with Crippen molar-refractivity contribution in [1.29, 1.82) is 0 Å². The summed E-state index contributed by atoms with van der Waals surface area (Å²) in [6.45, 7) is 3.95. The van der Waals surface area contributed by atoms with Crippen LogP contribution in [0.25, 0.3) is 33.4 Å². The molecule has 0 heterocycles. The van der Waals surface area contributed by atoms with Gasteiger partial charge in [0.05, 0.1) is 19.6 Å². The predicted octanol–water partition coefficient (Wildman–Crippen LogP) is 12.8. The molecule has 0 radical (unpaired) electrons. The third kappa shape index (κ3) is 8.46. The normalized spacial score (nSPS) is 11.6. The molecule has 292 valence electrons. The highest BCUT2D eigenvalue weighted by Gasteiger charge is 2.20. The van der Waals surface area contributed by atoms with Crippen LogP contribution in [0.15, 0.2) is 214 Å². The number of rotatable bonds is 12. The second-order valence-electron chi connectivity index (χ2n) is 14.1. The van der Waals surface area contributed by atoms with E-state index in [1.165, 1.54) is 0 Å². The second-order valence-corrected chi connectivity index (χ2v) is 18.0. The van der Waals surface area contributed by atoms with E-state index in [0.717, 1.165) is 50.9 Å². The smallest absolute Gasteiger partial charge is 0.206 e. The fourth-order valence-electron chi connectivity index (χ4n) is 6.81. The molecule has 0 saturated heterocycles. The van der Waals surface area contributed by atoms with Gasteiger partial charge in [0.25, 0.3) is 0 Å². The first-order valence-corrected chi connectivity index (χ1v) is 22.2. The molecule has 8 heteroatoms. The van der Waals surface area contributed by atoms with Crippen molar-refractivity contribution in [2.45, 2.75) is 39.9 Å². The molecular formula is C51H40O6S2. The zero-order chi connectivity index (χ0) is 41.0. The molecule has 8 aromatic carbocycles. The molecule has 8 rings (SSSR count). The molecule has 0 aromatic heterocycles. The lowest BCUT2D eigenvalue weighted by Gasteiger charge is -2.16. The fraction of sp³-hybridized carbons (Fsp3) is 0.0588. The standard InChI is InChI=1S/C51H40O6S2/c1-3-37-16-26-45(27-17-37)59(54,55)47-30-22-43(23-31-47)57-51-33-19-41(35-49(51)39-12-8-5-9-13-39)40-18-32-50(48(34-40)38-10-6-4-7-11-38)56-42-20-28-46(29-21-42)58(52,53)44-24-14-36(2)15-25-44/h4-35H,3H2,1-2H3. The summed E-state index contributed by atoms with van der Waals surface area (Å²) in [7, 11) is -7.37. The zero-order valence-corrected chi connectivity index (χ0v) is 34.1.